The maximum absolute atomic E-state index is 13.0. The monoisotopic (exact) mass is 402 g/mol. The second kappa shape index (κ2) is 8.12. The van der Waals surface area contributed by atoms with Crippen molar-refractivity contribution in [2.45, 2.75) is 0 Å². The van der Waals surface area contributed by atoms with Crippen molar-refractivity contribution in [2.24, 2.45) is 0 Å². The molecule has 0 aliphatic rings. The molecule has 0 fully saturated rings. The number of carbonyl (C=O) groups excluding carboxylic acids is 2. The van der Waals surface area contributed by atoms with E-state index in [2.05, 4.69) is 16.0 Å². The van der Waals surface area contributed by atoms with Crippen molar-refractivity contribution in [1.29, 1.82) is 0 Å². The van der Waals surface area contributed by atoms with Gasteiger partial charge in [0.25, 0.3) is 5.91 Å². The Morgan fingerprint density at radius 3 is 2.31 bits per heavy atom. The third-order valence-corrected chi connectivity index (χ3v) is 5.25. The van der Waals surface area contributed by atoms with Crippen LogP contribution in [0.3, 0.4) is 0 Å². The molecule has 0 aliphatic heterocycles. The number of nitrogens with one attached hydrogen (secondary N) is 3. The van der Waals surface area contributed by atoms with Gasteiger partial charge in [-0.1, -0.05) is 24.3 Å². The zero-order valence-electron chi connectivity index (χ0n) is 15.6. The fourth-order valence-electron chi connectivity index (χ4n) is 2.94. The van der Waals surface area contributed by atoms with Crippen LogP contribution in [0, 0.1) is 0 Å². The Bertz CT molecular complexity index is 1170. The summed E-state index contributed by atoms with van der Waals surface area (Å²) in [5.74, 6) is -0.214. The zero-order valence-corrected chi connectivity index (χ0v) is 16.4. The van der Waals surface area contributed by atoms with E-state index in [1.54, 1.807) is 42.6 Å². The first-order valence-corrected chi connectivity index (χ1v) is 9.86. The van der Waals surface area contributed by atoms with E-state index < -0.39 is 0 Å². The van der Waals surface area contributed by atoms with Crippen molar-refractivity contribution in [3.63, 3.8) is 0 Å². The van der Waals surface area contributed by atoms with Crippen molar-refractivity contribution in [3.05, 3.63) is 77.7 Å². The van der Waals surface area contributed by atoms with Crippen LogP contribution in [0.15, 0.2) is 72.1 Å². The number of anilines is 2. The van der Waals surface area contributed by atoms with E-state index in [1.807, 2.05) is 47.8 Å². The van der Waals surface area contributed by atoms with Crippen LogP contribution in [0.5, 0.6) is 0 Å². The number of urea groups is 1. The number of carbonyl (C=O) groups is 2. The minimum atomic E-state index is -0.300. The molecule has 144 valence electrons. The maximum atomic E-state index is 13.0. The summed E-state index contributed by atoms with van der Waals surface area (Å²) in [6.07, 6.45) is 0. The Hall–Kier alpha value is -3.71. The predicted molar refractivity (Wildman–Crippen MR) is 118 cm³/mol. The first-order valence-electron chi connectivity index (χ1n) is 8.98. The molecule has 4 aromatic rings. The molecule has 0 unspecified atom stereocenters. The van der Waals surface area contributed by atoms with Crippen LogP contribution in [0.1, 0.15) is 10.4 Å². The molecule has 0 saturated heterocycles. The third-order valence-electron chi connectivity index (χ3n) is 4.36. The second-order valence-corrected chi connectivity index (χ2v) is 7.23. The molecule has 2 heterocycles. The highest BCUT2D eigenvalue weighted by atomic mass is 32.1. The lowest BCUT2D eigenvalue weighted by Gasteiger charge is -2.11. The highest BCUT2D eigenvalue weighted by Gasteiger charge is 2.14. The molecule has 3 N–H and O–H groups in total. The average molecular weight is 402 g/mol. The van der Waals surface area contributed by atoms with Crippen LogP contribution < -0.4 is 16.0 Å². The quantitative estimate of drug-likeness (QED) is 0.451. The highest BCUT2D eigenvalue weighted by molar-refractivity contribution is 7.13. The van der Waals surface area contributed by atoms with Crippen molar-refractivity contribution < 1.29 is 9.59 Å². The van der Waals surface area contributed by atoms with Crippen LogP contribution in [-0.2, 0) is 0 Å². The van der Waals surface area contributed by atoms with Gasteiger partial charge in [-0.2, -0.15) is 0 Å². The van der Waals surface area contributed by atoms with Crippen LogP contribution in [0.4, 0.5) is 16.2 Å². The van der Waals surface area contributed by atoms with Crippen molar-refractivity contribution in [3.8, 4) is 10.6 Å². The predicted octanol–water partition coefficient (Wildman–Crippen LogP) is 4.97. The summed E-state index contributed by atoms with van der Waals surface area (Å²) in [5.41, 5.74) is 3.38. The topological polar surface area (TPSA) is 83.1 Å². The van der Waals surface area contributed by atoms with Gasteiger partial charge < -0.3 is 16.0 Å². The van der Waals surface area contributed by atoms with Gasteiger partial charge in [-0.25, -0.2) is 9.78 Å². The molecule has 0 atom stereocenters. The summed E-state index contributed by atoms with van der Waals surface area (Å²) in [6.45, 7) is 0. The van der Waals surface area contributed by atoms with Gasteiger partial charge in [0.05, 0.1) is 21.7 Å². The molecule has 0 radical (unpaired) electrons. The molecule has 6 nitrogen and oxygen atoms in total. The number of pyridine rings is 1. The minimum absolute atomic E-state index is 0.214. The Kier molecular flexibility index (Phi) is 5.22. The van der Waals surface area contributed by atoms with Gasteiger partial charge in [-0.05, 0) is 47.8 Å². The summed E-state index contributed by atoms with van der Waals surface area (Å²) in [5, 5.41) is 10.9. The zero-order chi connectivity index (χ0) is 20.2. The van der Waals surface area contributed by atoms with E-state index in [0.29, 0.717) is 16.9 Å². The third kappa shape index (κ3) is 4.09. The van der Waals surface area contributed by atoms with Gasteiger partial charge in [0.2, 0.25) is 0 Å². The number of aromatic nitrogens is 1. The van der Waals surface area contributed by atoms with E-state index in [-0.39, 0.29) is 11.9 Å². The maximum Gasteiger partial charge on any atom is 0.318 e. The summed E-state index contributed by atoms with van der Waals surface area (Å²) in [7, 11) is 1.55. The molecule has 2 aromatic heterocycles. The average Bonchev–Trinajstić information content (AvgIpc) is 3.29. The molecular weight excluding hydrogens is 384 g/mol. The van der Waals surface area contributed by atoms with Gasteiger partial charge in [0.15, 0.2) is 0 Å². The molecule has 0 spiro atoms. The van der Waals surface area contributed by atoms with Gasteiger partial charge >= 0.3 is 6.03 Å². The van der Waals surface area contributed by atoms with Gasteiger partial charge in [0.1, 0.15) is 0 Å². The molecule has 0 aliphatic carbocycles. The largest absolute Gasteiger partial charge is 0.341 e. The van der Waals surface area contributed by atoms with E-state index in [4.69, 9.17) is 4.98 Å². The number of benzene rings is 2. The summed E-state index contributed by atoms with van der Waals surface area (Å²) in [6, 6.07) is 20.0. The van der Waals surface area contributed by atoms with E-state index >= 15 is 0 Å². The molecule has 0 bridgehead atoms. The molecule has 7 heteroatoms. The molecule has 3 amide bonds. The lowest BCUT2D eigenvalue weighted by molar-refractivity contribution is 0.102. The first-order chi connectivity index (χ1) is 14.1. The fourth-order valence-corrected chi connectivity index (χ4v) is 3.63. The van der Waals surface area contributed by atoms with Gasteiger partial charge in [0, 0.05) is 23.8 Å². The molecule has 0 saturated carbocycles. The summed E-state index contributed by atoms with van der Waals surface area (Å²) < 4.78 is 0. The lowest BCUT2D eigenvalue weighted by atomic mass is 10.1. The van der Waals surface area contributed by atoms with Crippen molar-refractivity contribution >= 4 is 45.6 Å². The number of rotatable bonds is 4. The number of amides is 3. The van der Waals surface area contributed by atoms with E-state index in [0.717, 1.165) is 21.5 Å². The van der Waals surface area contributed by atoms with Crippen LogP contribution in [-0.4, -0.2) is 24.0 Å². The Labute approximate surface area is 171 Å². The number of hydrogen-bond acceptors (Lipinski definition) is 4. The lowest BCUT2D eigenvalue weighted by Crippen LogP contribution is -2.24. The number of thiophene rings is 1. The Morgan fingerprint density at radius 1 is 0.897 bits per heavy atom. The van der Waals surface area contributed by atoms with Gasteiger partial charge in [-0.3, -0.25) is 4.79 Å². The van der Waals surface area contributed by atoms with Crippen LogP contribution >= 0.6 is 11.3 Å². The molecule has 4 rings (SSSR count). The molecule has 29 heavy (non-hydrogen) atoms. The summed E-state index contributed by atoms with van der Waals surface area (Å²) >= 11 is 1.58. The number of nitrogens with zero attached hydrogens (tertiary/aromatic N) is 1. The standard InChI is InChI=1S/C22H18N4O2S/c1-23-22(28)25-15-10-8-14(9-11-15)24-21(27)17-13-19(20-7-4-12-29-20)26-18-6-3-2-5-16(17)18/h2-13H,1H3,(H,24,27)(H2,23,25,28). The fraction of sp³-hybridized carbons (Fsp3) is 0.0455. The van der Waals surface area contributed by atoms with Crippen LogP contribution in [0.2, 0.25) is 0 Å². The highest BCUT2D eigenvalue weighted by Crippen LogP contribution is 2.28. The number of hydrogen-bond donors (Lipinski definition) is 3. The Balaban J connectivity index is 1.64. The van der Waals surface area contributed by atoms with Crippen molar-refractivity contribution in [2.75, 3.05) is 17.7 Å². The normalized spacial score (nSPS) is 10.5. The molecule has 2 aromatic carbocycles. The summed E-state index contributed by atoms with van der Waals surface area (Å²) in [4.78, 5) is 30.1. The SMILES string of the molecule is CNC(=O)Nc1ccc(NC(=O)c2cc(-c3cccs3)nc3ccccc23)cc1. The molecular formula is C22H18N4O2S. The van der Waals surface area contributed by atoms with Crippen LogP contribution in [0.25, 0.3) is 21.5 Å². The second-order valence-electron chi connectivity index (χ2n) is 6.29. The van der Waals surface area contributed by atoms with Crippen molar-refractivity contribution in [1.82, 2.24) is 10.3 Å². The Morgan fingerprint density at radius 2 is 1.62 bits per heavy atom. The first kappa shape index (κ1) is 18.6. The smallest absolute Gasteiger partial charge is 0.318 e. The number of fused-ring (bicyclic) bond motifs is 1. The number of para-hydroxylation sites is 1. The van der Waals surface area contributed by atoms with Gasteiger partial charge in [-0.15, -0.1) is 11.3 Å². The van der Waals surface area contributed by atoms with E-state index in [9.17, 15) is 9.59 Å². The van der Waals surface area contributed by atoms with E-state index in [1.165, 1.54) is 0 Å². The minimum Gasteiger partial charge on any atom is -0.341 e.